The molecule has 2 heterocycles. The van der Waals surface area contributed by atoms with E-state index < -0.39 is 0 Å². The maximum atomic E-state index is 13.0. The molecule has 5 heteroatoms. The van der Waals surface area contributed by atoms with E-state index in [2.05, 4.69) is 23.6 Å². The summed E-state index contributed by atoms with van der Waals surface area (Å²) in [6, 6.07) is 0.125. The molecule has 25 heavy (non-hydrogen) atoms. The van der Waals surface area contributed by atoms with Crippen LogP contribution < -0.4 is 5.73 Å². The molecule has 142 valence electrons. The summed E-state index contributed by atoms with van der Waals surface area (Å²) in [5, 5.41) is 0. The average molecular weight is 350 g/mol. The van der Waals surface area contributed by atoms with Gasteiger partial charge in [0.1, 0.15) is 0 Å². The van der Waals surface area contributed by atoms with E-state index in [0.717, 1.165) is 51.5 Å². The molecule has 2 bridgehead atoms. The molecule has 2 saturated heterocycles. The van der Waals surface area contributed by atoms with E-state index >= 15 is 0 Å². The Balaban J connectivity index is 1.26. The molecule has 4 rings (SSSR count). The second-order valence-corrected chi connectivity index (χ2v) is 9.18. The number of hydrogen-bond donors (Lipinski definition) is 1. The van der Waals surface area contributed by atoms with Gasteiger partial charge in [-0.3, -0.25) is 9.69 Å². The van der Waals surface area contributed by atoms with Crippen LogP contribution in [-0.4, -0.2) is 66.7 Å². The highest BCUT2D eigenvalue weighted by Crippen LogP contribution is 2.48. The first kappa shape index (κ1) is 17.7. The van der Waals surface area contributed by atoms with Crippen LogP contribution >= 0.6 is 0 Å². The number of rotatable bonds is 3. The van der Waals surface area contributed by atoms with E-state index in [0.29, 0.717) is 30.0 Å². The highest BCUT2D eigenvalue weighted by atomic mass is 16.5. The molecule has 2 aliphatic heterocycles. The van der Waals surface area contributed by atoms with Crippen molar-refractivity contribution in [2.24, 2.45) is 29.4 Å². The molecule has 4 fully saturated rings. The van der Waals surface area contributed by atoms with Crippen molar-refractivity contribution >= 4 is 5.91 Å². The zero-order chi connectivity index (χ0) is 17.6. The molecular formula is C20H35N3O2. The van der Waals surface area contributed by atoms with Crippen LogP contribution in [0.5, 0.6) is 0 Å². The molecule has 4 aliphatic rings. The van der Waals surface area contributed by atoms with Crippen LogP contribution in [0.1, 0.15) is 46.0 Å². The van der Waals surface area contributed by atoms with Crippen molar-refractivity contribution in [1.29, 1.82) is 0 Å². The number of ether oxygens (including phenoxy) is 1. The summed E-state index contributed by atoms with van der Waals surface area (Å²) in [7, 11) is 0. The molecule has 6 atom stereocenters. The van der Waals surface area contributed by atoms with Crippen molar-refractivity contribution in [3.8, 4) is 0 Å². The number of nitrogens with zero attached hydrogens (tertiary/aromatic N) is 2. The molecule has 2 saturated carbocycles. The van der Waals surface area contributed by atoms with Gasteiger partial charge in [-0.2, -0.15) is 0 Å². The molecule has 0 radical (unpaired) electrons. The Hall–Kier alpha value is -0.650. The van der Waals surface area contributed by atoms with Crippen molar-refractivity contribution in [3.05, 3.63) is 0 Å². The van der Waals surface area contributed by atoms with Crippen LogP contribution in [-0.2, 0) is 9.53 Å². The molecular weight excluding hydrogens is 314 g/mol. The zero-order valence-corrected chi connectivity index (χ0v) is 15.9. The van der Waals surface area contributed by atoms with Gasteiger partial charge in [-0.15, -0.1) is 0 Å². The van der Waals surface area contributed by atoms with Gasteiger partial charge in [0.2, 0.25) is 5.91 Å². The molecule has 1 amide bonds. The van der Waals surface area contributed by atoms with E-state index in [1.165, 1.54) is 19.3 Å². The molecule has 0 spiro atoms. The van der Waals surface area contributed by atoms with Crippen LogP contribution in [0.25, 0.3) is 0 Å². The predicted molar refractivity (Wildman–Crippen MR) is 98.0 cm³/mol. The topological polar surface area (TPSA) is 58.8 Å². The lowest BCUT2D eigenvalue weighted by Crippen LogP contribution is -2.51. The standard InChI is InChI=1S/C20H35N3O2/c1-13-10-22(11-14(2)25-13)12-15-5-7-23(8-6-15)20(24)18-16-3-4-17(9-16)19(18)21/h13-19H,3-12,21H2,1-2H3. The number of piperidine rings is 1. The summed E-state index contributed by atoms with van der Waals surface area (Å²) in [5.41, 5.74) is 6.38. The maximum Gasteiger partial charge on any atom is 0.227 e. The summed E-state index contributed by atoms with van der Waals surface area (Å²) in [4.78, 5) is 17.7. The van der Waals surface area contributed by atoms with Gasteiger partial charge in [0.05, 0.1) is 18.1 Å². The summed E-state index contributed by atoms with van der Waals surface area (Å²) < 4.78 is 5.84. The minimum atomic E-state index is 0.122. The first-order valence-corrected chi connectivity index (χ1v) is 10.4. The Bertz CT molecular complexity index is 479. The molecule has 2 aliphatic carbocycles. The minimum Gasteiger partial charge on any atom is -0.373 e. The second kappa shape index (κ2) is 7.16. The summed E-state index contributed by atoms with van der Waals surface area (Å²) in [5.74, 6) is 2.39. The fourth-order valence-corrected chi connectivity index (χ4v) is 6.05. The summed E-state index contributed by atoms with van der Waals surface area (Å²) >= 11 is 0. The van der Waals surface area contributed by atoms with Crippen molar-refractivity contribution in [3.63, 3.8) is 0 Å². The number of carbonyl (C=O) groups excluding carboxylic acids is 1. The summed E-state index contributed by atoms with van der Waals surface area (Å²) in [6.45, 7) is 9.45. The predicted octanol–water partition coefficient (Wildman–Crippen LogP) is 1.71. The molecule has 5 nitrogen and oxygen atoms in total. The number of hydrogen-bond acceptors (Lipinski definition) is 4. The van der Waals surface area contributed by atoms with E-state index in [1.807, 2.05) is 0 Å². The number of morpholine rings is 1. The normalized spacial score (nSPS) is 42.9. The third kappa shape index (κ3) is 3.60. The Morgan fingerprint density at radius 3 is 2.28 bits per heavy atom. The molecule has 6 unspecified atom stereocenters. The van der Waals surface area contributed by atoms with Crippen molar-refractivity contribution in [2.75, 3.05) is 32.7 Å². The van der Waals surface area contributed by atoms with Crippen LogP contribution in [0.4, 0.5) is 0 Å². The summed E-state index contributed by atoms with van der Waals surface area (Å²) in [6.07, 6.45) is 6.62. The lowest BCUT2D eigenvalue weighted by atomic mass is 9.83. The fraction of sp³-hybridized carbons (Fsp3) is 0.950. The van der Waals surface area contributed by atoms with E-state index in [4.69, 9.17) is 10.5 Å². The smallest absolute Gasteiger partial charge is 0.227 e. The van der Waals surface area contributed by atoms with Gasteiger partial charge in [0, 0.05) is 38.8 Å². The number of nitrogens with two attached hydrogens (primary N) is 1. The van der Waals surface area contributed by atoms with Gasteiger partial charge in [0.25, 0.3) is 0 Å². The number of likely N-dealkylation sites (tertiary alicyclic amines) is 1. The SMILES string of the molecule is CC1CN(CC2CCN(C(=O)C3C4CCC(C4)C3N)CC2)CC(C)O1. The first-order chi connectivity index (χ1) is 12.0. The lowest BCUT2D eigenvalue weighted by Gasteiger charge is -2.40. The zero-order valence-electron chi connectivity index (χ0n) is 15.9. The highest BCUT2D eigenvalue weighted by Gasteiger charge is 2.50. The van der Waals surface area contributed by atoms with Crippen LogP contribution in [0.3, 0.4) is 0 Å². The van der Waals surface area contributed by atoms with Crippen molar-refractivity contribution < 1.29 is 9.53 Å². The number of fused-ring (bicyclic) bond motifs is 2. The number of carbonyl (C=O) groups is 1. The van der Waals surface area contributed by atoms with E-state index in [-0.39, 0.29) is 12.0 Å². The maximum absolute atomic E-state index is 13.0. The van der Waals surface area contributed by atoms with Crippen LogP contribution in [0, 0.1) is 23.7 Å². The third-order valence-corrected chi connectivity index (χ3v) is 7.20. The van der Waals surface area contributed by atoms with Gasteiger partial charge in [-0.25, -0.2) is 0 Å². The van der Waals surface area contributed by atoms with Crippen molar-refractivity contribution in [1.82, 2.24) is 9.80 Å². The Morgan fingerprint density at radius 2 is 1.68 bits per heavy atom. The molecule has 0 aromatic heterocycles. The lowest BCUT2D eigenvalue weighted by molar-refractivity contribution is -0.139. The Labute approximate surface area is 152 Å². The first-order valence-electron chi connectivity index (χ1n) is 10.4. The van der Waals surface area contributed by atoms with Crippen LogP contribution in [0.2, 0.25) is 0 Å². The Kier molecular flexibility index (Phi) is 5.09. The monoisotopic (exact) mass is 349 g/mol. The van der Waals surface area contributed by atoms with Gasteiger partial charge < -0.3 is 15.4 Å². The van der Waals surface area contributed by atoms with Gasteiger partial charge in [0.15, 0.2) is 0 Å². The van der Waals surface area contributed by atoms with Crippen LogP contribution in [0.15, 0.2) is 0 Å². The molecule has 2 N–H and O–H groups in total. The fourth-order valence-electron chi connectivity index (χ4n) is 6.05. The largest absolute Gasteiger partial charge is 0.373 e. The molecule has 0 aromatic rings. The van der Waals surface area contributed by atoms with Gasteiger partial charge >= 0.3 is 0 Å². The highest BCUT2D eigenvalue weighted by molar-refractivity contribution is 5.80. The molecule has 0 aromatic carbocycles. The second-order valence-electron chi connectivity index (χ2n) is 9.18. The van der Waals surface area contributed by atoms with Gasteiger partial charge in [-0.05, 0) is 63.7 Å². The number of amides is 1. The third-order valence-electron chi connectivity index (χ3n) is 7.20. The quantitative estimate of drug-likeness (QED) is 0.843. The average Bonchev–Trinajstić information content (AvgIpc) is 3.15. The van der Waals surface area contributed by atoms with E-state index in [1.54, 1.807) is 0 Å². The van der Waals surface area contributed by atoms with Gasteiger partial charge in [-0.1, -0.05) is 0 Å². The van der Waals surface area contributed by atoms with Crippen molar-refractivity contribution in [2.45, 2.75) is 64.2 Å². The Morgan fingerprint density at radius 1 is 1.04 bits per heavy atom. The minimum absolute atomic E-state index is 0.122. The van der Waals surface area contributed by atoms with E-state index in [9.17, 15) is 4.79 Å².